The van der Waals surface area contributed by atoms with Crippen molar-refractivity contribution in [2.75, 3.05) is 7.05 Å². The van der Waals surface area contributed by atoms with Crippen LogP contribution in [-0.2, 0) is 6.54 Å². The summed E-state index contributed by atoms with van der Waals surface area (Å²) < 4.78 is 0. The first-order valence-electron chi connectivity index (χ1n) is 5.29. The van der Waals surface area contributed by atoms with Crippen LogP contribution >= 0.6 is 0 Å². The maximum atomic E-state index is 4.07. The highest BCUT2D eigenvalue weighted by atomic mass is 15.1. The van der Waals surface area contributed by atoms with E-state index in [2.05, 4.69) is 54.2 Å². The average Bonchev–Trinajstić information content (AvgIpc) is 2.66. The molecule has 0 aliphatic carbocycles. The van der Waals surface area contributed by atoms with Gasteiger partial charge in [0.05, 0.1) is 11.7 Å². The lowest BCUT2D eigenvalue weighted by molar-refractivity contribution is 0.266. The first kappa shape index (κ1) is 10.2. The number of nitrogens with one attached hydrogen (secondary N) is 1. The summed E-state index contributed by atoms with van der Waals surface area (Å²) in [5.41, 5.74) is 2.46. The fourth-order valence-electron chi connectivity index (χ4n) is 1.61. The Morgan fingerprint density at radius 3 is 3.00 bits per heavy atom. The summed E-state index contributed by atoms with van der Waals surface area (Å²) in [7, 11) is 2.14. The van der Waals surface area contributed by atoms with Gasteiger partial charge in [0.15, 0.2) is 0 Å². The van der Waals surface area contributed by atoms with Crippen molar-refractivity contribution in [3.05, 3.63) is 30.0 Å². The Hall–Kier alpha value is -1.35. The Kier molecular flexibility index (Phi) is 2.73. The maximum absolute atomic E-state index is 4.07. The molecule has 0 radical (unpaired) electrons. The average molecular weight is 205 g/mol. The number of fused-ring (bicyclic) bond motifs is 1. The van der Waals surface area contributed by atoms with Crippen LogP contribution in [0, 0.1) is 0 Å². The van der Waals surface area contributed by atoms with E-state index in [0.717, 1.165) is 12.1 Å². The van der Waals surface area contributed by atoms with Gasteiger partial charge in [0, 0.05) is 19.4 Å². The molecular weight excluding hydrogens is 186 g/mol. The molecular formula is C12H19N3. The number of hydrogen-bond acceptors (Lipinski definition) is 2. The number of rotatable bonds is 3. The third kappa shape index (κ3) is 2.02. The molecule has 1 aromatic carbocycles. The molecule has 0 aliphatic rings. The van der Waals surface area contributed by atoms with Crippen molar-refractivity contribution in [3.63, 3.8) is 0 Å². The fraction of sp³-hybridized carbons (Fsp3) is 0.417. The van der Waals surface area contributed by atoms with Gasteiger partial charge in [0.25, 0.3) is 0 Å². The van der Waals surface area contributed by atoms with Crippen molar-refractivity contribution in [3.8, 4) is 0 Å². The normalized spacial score (nSPS) is 11.8. The molecule has 2 aromatic rings. The van der Waals surface area contributed by atoms with Crippen LogP contribution in [0.3, 0.4) is 0 Å². The van der Waals surface area contributed by atoms with E-state index in [4.69, 9.17) is 0 Å². The van der Waals surface area contributed by atoms with E-state index in [1.165, 1.54) is 10.9 Å². The molecule has 1 heterocycles. The zero-order valence-electron chi connectivity index (χ0n) is 9.49. The van der Waals surface area contributed by atoms with Crippen molar-refractivity contribution in [2.45, 2.75) is 26.4 Å². The van der Waals surface area contributed by atoms with Crippen LogP contribution in [0.25, 0.3) is 10.9 Å². The smallest absolute Gasteiger partial charge is 0.0695 e. The van der Waals surface area contributed by atoms with Crippen molar-refractivity contribution < 1.29 is 1.43 Å². The SMILES string of the molecule is CC(C)N(C)Cc1cccc2cn[nH]c12.[HH]. The van der Waals surface area contributed by atoms with E-state index in [1.54, 1.807) is 0 Å². The molecule has 0 atom stereocenters. The molecule has 0 spiro atoms. The van der Waals surface area contributed by atoms with E-state index >= 15 is 0 Å². The molecule has 0 saturated carbocycles. The summed E-state index contributed by atoms with van der Waals surface area (Å²) in [5, 5.41) is 8.31. The van der Waals surface area contributed by atoms with Gasteiger partial charge in [0.2, 0.25) is 0 Å². The standard InChI is InChI=1S/C12H17N3.H2/c1-9(2)15(3)8-11-6-4-5-10-7-13-14-12(10)11;/h4-7,9H,8H2,1-3H3,(H,13,14);1H. The second-order valence-electron chi connectivity index (χ2n) is 4.26. The predicted molar refractivity (Wildman–Crippen MR) is 64.8 cm³/mol. The molecule has 2 rings (SSSR count). The molecule has 15 heavy (non-hydrogen) atoms. The largest absolute Gasteiger partial charge is 0.300 e. The number of nitrogens with zero attached hydrogens (tertiary/aromatic N) is 2. The lowest BCUT2D eigenvalue weighted by Crippen LogP contribution is -2.25. The number of hydrogen-bond donors (Lipinski definition) is 1. The zero-order valence-corrected chi connectivity index (χ0v) is 9.49. The van der Waals surface area contributed by atoms with Crippen LogP contribution in [0.4, 0.5) is 0 Å². The Morgan fingerprint density at radius 1 is 1.47 bits per heavy atom. The molecule has 82 valence electrons. The minimum Gasteiger partial charge on any atom is -0.300 e. The van der Waals surface area contributed by atoms with E-state index < -0.39 is 0 Å². The third-order valence-electron chi connectivity index (χ3n) is 2.86. The van der Waals surface area contributed by atoms with Crippen molar-refractivity contribution >= 4 is 10.9 Å². The Bertz CT molecular complexity index is 450. The van der Waals surface area contributed by atoms with Gasteiger partial charge in [-0.25, -0.2) is 0 Å². The van der Waals surface area contributed by atoms with E-state index in [0.29, 0.717) is 6.04 Å². The van der Waals surface area contributed by atoms with Gasteiger partial charge in [-0.3, -0.25) is 10.00 Å². The van der Waals surface area contributed by atoms with Gasteiger partial charge in [0.1, 0.15) is 0 Å². The molecule has 0 fully saturated rings. The molecule has 3 heteroatoms. The van der Waals surface area contributed by atoms with Gasteiger partial charge >= 0.3 is 0 Å². The Morgan fingerprint density at radius 2 is 2.27 bits per heavy atom. The minimum atomic E-state index is 0. The van der Waals surface area contributed by atoms with Gasteiger partial charge in [-0.15, -0.1) is 0 Å². The molecule has 0 aliphatic heterocycles. The molecule has 0 amide bonds. The third-order valence-corrected chi connectivity index (χ3v) is 2.86. The zero-order chi connectivity index (χ0) is 10.8. The summed E-state index contributed by atoms with van der Waals surface area (Å²) in [5.74, 6) is 0. The van der Waals surface area contributed by atoms with Gasteiger partial charge in [-0.2, -0.15) is 5.10 Å². The second-order valence-corrected chi connectivity index (χ2v) is 4.26. The van der Waals surface area contributed by atoms with Crippen LogP contribution in [0.2, 0.25) is 0 Å². The number of para-hydroxylation sites is 1. The van der Waals surface area contributed by atoms with Crippen LogP contribution < -0.4 is 0 Å². The quantitative estimate of drug-likeness (QED) is 0.835. The first-order chi connectivity index (χ1) is 7.18. The molecule has 1 N–H and O–H groups in total. The van der Waals surface area contributed by atoms with Crippen LogP contribution in [0.15, 0.2) is 24.4 Å². The van der Waals surface area contributed by atoms with Crippen molar-refractivity contribution in [1.82, 2.24) is 15.1 Å². The Balaban J connectivity index is 0.00000128. The molecule has 1 aromatic heterocycles. The number of aromatic amines is 1. The van der Waals surface area contributed by atoms with E-state index in [9.17, 15) is 0 Å². The summed E-state index contributed by atoms with van der Waals surface area (Å²) in [6.07, 6.45) is 1.87. The Labute approximate surface area is 91.6 Å². The number of H-pyrrole nitrogens is 1. The summed E-state index contributed by atoms with van der Waals surface area (Å²) in [6.45, 7) is 5.36. The first-order valence-corrected chi connectivity index (χ1v) is 5.29. The highest BCUT2D eigenvalue weighted by Gasteiger charge is 2.07. The van der Waals surface area contributed by atoms with Gasteiger partial charge in [-0.1, -0.05) is 18.2 Å². The molecule has 0 bridgehead atoms. The van der Waals surface area contributed by atoms with Crippen LogP contribution in [0.5, 0.6) is 0 Å². The molecule has 0 unspecified atom stereocenters. The molecule has 0 saturated heterocycles. The van der Waals surface area contributed by atoms with Crippen LogP contribution in [0.1, 0.15) is 20.8 Å². The highest BCUT2D eigenvalue weighted by Crippen LogP contribution is 2.17. The monoisotopic (exact) mass is 205 g/mol. The minimum absolute atomic E-state index is 0. The van der Waals surface area contributed by atoms with Crippen molar-refractivity contribution in [2.24, 2.45) is 0 Å². The number of aromatic nitrogens is 2. The van der Waals surface area contributed by atoms with Gasteiger partial charge < -0.3 is 0 Å². The second kappa shape index (κ2) is 4.03. The fourth-order valence-corrected chi connectivity index (χ4v) is 1.61. The van der Waals surface area contributed by atoms with E-state index in [1.807, 2.05) is 6.20 Å². The number of benzene rings is 1. The summed E-state index contributed by atoms with van der Waals surface area (Å²) >= 11 is 0. The van der Waals surface area contributed by atoms with Crippen LogP contribution in [-0.4, -0.2) is 28.2 Å². The van der Waals surface area contributed by atoms with E-state index in [-0.39, 0.29) is 1.43 Å². The van der Waals surface area contributed by atoms with Crippen molar-refractivity contribution in [1.29, 1.82) is 0 Å². The lowest BCUT2D eigenvalue weighted by Gasteiger charge is -2.21. The highest BCUT2D eigenvalue weighted by molar-refractivity contribution is 5.81. The topological polar surface area (TPSA) is 31.9 Å². The molecule has 3 nitrogen and oxygen atoms in total. The summed E-state index contributed by atoms with van der Waals surface area (Å²) in [4.78, 5) is 2.32. The van der Waals surface area contributed by atoms with Gasteiger partial charge in [-0.05, 0) is 26.5 Å². The summed E-state index contributed by atoms with van der Waals surface area (Å²) in [6, 6.07) is 6.88. The predicted octanol–water partition coefficient (Wildman–Crippen LogP) is 2.65. The maximum Gasteiger partial charge on any atom is 0.0695 e. The lowest BCUT2D eigenvalue weighted by atomic mass is 10.1.